The Morgan fingerprint density at radius 1 is 1.56 bits per heavy atom. The Labute approximate surface area is 97.1 Å². The molecule has 0 unspecified atom stereocenters. The molecule has 0 rings (SSSR count). The summed E-state index contributed by atoms with van der Waals surface area (Å²) < 4.78 is 18.1. The maximum absolute atomic E-state index is 13.1. The molecule has 0 saturated carbocycles. The second-order valence-electron chi connectivity index (χ2n) is 3.46. The molecule has 0 aromatic rings. The summed E-state index contributed by atoms with van der Waals surface area (Å²) in [5, 5.41) is 3.23. The third kappa shape index (κ3) is 8.32. The lowest BCUT2D eigenvalue weighted by Gasteiger charge is -2.07. The summed E-state index contributed by atoms with van der Waals surface area (Å²) in [5.74, 6) is -0.403. The van der Waals surface area contributed by atoms with Gasteiger partial charge in [0.1, 0.15) is 5.83 Å². The molecular weight excluding hydrogens is 207 g/mol. The molecule has 0 spiro atoms. The summed E-state index contributed by atoms with van der Waals surface area (Å²) >= 11 is 0. The van der Waals surface area contributed by atoms with Crippen molar-refractivity contribution in [2.24, 2.45) is 4.99 Å². The van der Waals surface area contributed by atoms with Gasteiger partial charge in [-0.25, -0.2) is 4.39 Å². The van der Waals surface area contributed by atoms with Crippen molar-refractivity contribution in [1.82, 2.24) is 5.32 Å². The largest absolute Gasteiger partial charge is 0.380 e. The zero-order valence-electron chi connectivity index (χ0n) is 10.1. The fourth-order valence-electron chi connectivity index (χ4n) is 1.20. The van der Waals surface area contributed by atoms with E-state index in [2.05, 4.69) is 24.0 Å². The van der Waals surface area contributed by atoms with Crippen molar-refractivity contribution in [1.29, 1.82) is 0 Å². The van der Waals surface area contributed by atoms with E-state index in [1.54, 1.807) is 7.11 Å². The molecule has 0 aromatic heterocycles. The number of aliphatic imine (C=N–C) groups is 1. The number of unbranched alkanes of at least 4 members (excludes halogenated alkanes) is 1. The normalized spacial score (nSPS) is 12.9. The highest BCUT2D eigenvalue weighted by atomic mass is 19.1. The fourth-order valence-corrected chi connectivity index (χ4v) is 1.20. The minimum absolute atomic E-state index is 0.403. The number of ether oxygens (including phenoxy) is 1. The van der Waals surface area contributed by atoms with Gasteiger partial charge in [0.15, 0.2) is 0 Å². The van der Waals surface area contributed by atoms with E-state index in [4.69, 9.17) is 4.74 Å². The Morgan fingerprint density at radius 3 is 2.88 bits per heavy atom. The molecule has 0 aliphatic heterocycles. The molecule has 0 amide bonds. The van der Waals surface area contributed by atoms with E-state index in [0.717, 1.165) is 31.2 Å². The monoisotopic (exact) mass is 228 g/mol. The zero-order chi connectivity index (χ0) is 12.2. The van der Waals surface area contributed by atoms with Gasteiger partial charge in [0.25, 0.3) is 0 Å². The van der Waals surface area contributed by atoms with Crippen LogP contribution in [-0.2, 0) is 4.74 Å². The lowest BCUT2D eigenvalue weighted by molar-refractivity contribution is 0.223. The van der Waals surface area contributed by atoms with Crippen LogP contribution in [-0.4, -0.2) is 33.5 Å². The molecule has 0 aliphatic carbocycles. The van der Waals surface area contributed by atoms with Gasteiger partial charge in [0.05, 0.1) is 12.8 Å². The molecule has 0 aliphatic rings. The zero-order valence-corrected chi connectivity index (χ0v) is 10.1. The quantitative estimate of drug-likeness (QED) is 0.373. The first-order chi connectivity index (χ1) is 7.74. The summed E-state index contributed by atoms with van der Waals surface area (Å²) in [5.41, 5.74) is 0.857. The topological polar surface area (TPSA) is 33.6 Å². The van der Waals surface area contributed by atoms with E-state index < -0.39 is 5.83 Å². The molecule has 16 heavy (non-hydrogen) atoms. The van der Waals surface area contributed by atoms with Gasteiger partial charge < -0.3 is 10.1 Å². The maximum atomic E-state index is 13.1. The van der Waals surface area contributed by atoms with E-state index in [1.807, 2.05) is 0 Å². The molecule has 0 heterocycles. The number of hydrogen-bond acceptors (Lipinski definition) is 3. The van der Waals surface area contributed by atoms with Gasteiger partial charge in [0, 0.05) is 13.7 Å². The van der Waals surface area contributed by atoms with Crippen molar-refractivity contribution < 1.29 is 9.13 Å². The molecular formula is C12H21FN2O. The standard InChI is InChI=1S/C12H21FN2O/c1-4-5-6-15-8-11(10-16-3)7-12(13)9-14-2/h7,9,15H,2,4-6,8,10H2,1,3H3/b11-7-,12-9+. The van der Waals surface area contributed by atoms with Gasteiger partial charge in [0.2, 0.25) is 0 Å². The third-order valence-electron chi connectivity index (χ3n) is 1.95. The molecule has 0 radical (unpaired) electrons. The van der Waals surface area contributed by atoms with Gasteiger partial charge in [-0.2, -0.15) is 0 Å². The summed E-state index contributed by atoms with van der Waals surface area (Å²) in [7, 11) is 1.59. The third-order valence-corrected chi connectivity index (χ3v) is 1.95. The van der Waals surface area contributed by atoms with Crippen LogP contribution >= 0.6 is 0 Å². The van der Waals surface area contributed by atoms with Crippen LogP contribution in [0.5, 0.6) is 0 Å². The smallest absolute Gasteiger partial charge is 0.141 e. The van der Waals surface area contributed by atoms with Gasteiger partial charge in [-0.3, -0.25) is 4.99 Å². The summed E-state index contributed by atoms with van der Waals surface area (Å²) in [6, 6.07) is 0. The average Bonchev–Trinajstić information content (AvgIpc) is 2.25. The van der Waals surface area contributed by atoms with Crippen LogP contribution in [0.2, 0.25) is 0 Å². The predicted molar refractivity (Wildman–Crippen MR) is 66.5 cm³/mol. The summed E-state index contributed by atoms with van der Waals surface area (Å²) in [4.78, 5) is 3.37. The van der Waals surface area contributed by atoms with E-state index in [9.17, 15) is 4.39 Å². The highest BCUT2D eigenvalue weighted by Gasteiger charge is 1.98. The molecule has 3 nitrogen and oxygen atoms in total. The number of hydrogen-bond donors (Lipinski definition) is 1. The molecule has 0 bridgehead atoms. The van der Waals surface area contributed by atoms with Gasteiger partial charge >= 0.3 is 0 Å². The van der Waals surface area contributed by atoms with Crippen molar-refractivity contribution >= 4 is 6.72 Å². The number of methoxy groups -OCH3 is 1. The number of nitrogens with one attached hydrogen (secondary N) is 1. The van der Waals surface area contributed by atoms with E-state index in [1.165, 1.54) is 6.08 Å². The minimum atomic E-state index is -0.403. The Morgan fingerprint density at radius 2 is 2.31 bits per heavy atom. The molecule has 4 heteroatoms. The van der Waals surface area contributed by atoms with Crippen molar-refractivity contribution in [3.05, 3.63) is 23.7 Å². The highest BCUT2D eigenvalue weighted by Crippen LogP contribution is 2.04. The van der Waals surface area contributed by atoms with E-state index >= 15 is 0 Å². The second kappa shape index (κ2) is 10.5. The molecule has 92 valence electrons. The SMILES string of the molecule is C=N/C=C(F)\C=C(\CNCCCC)COC. The Bertz CT molecular complexity index is 249. The fraction of sp³-hybridized carbons (Fsp3) is 0.583. The number of rotatable bonds is 9. The second-order valence-corrected chi connectivity index (χ2v) is 3.46. The van der Waals surface area contributed by atoms with Gasteiger partial charge in [-0.05, 0) is 31.3 Å². The first-order valence-electron chi connectivity index (χ1n) is 5.45. The Kier molecular flexibility index (Phi) is 9.86. The van der Waals surface area contributed by atoms with Crippen LogP contribution in [0.15, 0.2) is 28.7 Å². The first-order valence-corrected chi connectivity index (χ1v) is 5.45. The lowest BCUT2D eigenvalue weighted by Crippen LogP contribution is -2.20. The molecule has 0 fully saturated rings. The molecule has 0 saturated heterocycles. The van der Waals surface area contributed by atoms with Crippen LogP contribution in [0, 0.1) is 0 Å². The summed E-state index contributed by atoms with van der Waals surface area (Å²) in [6.07, 6.45) is 4.77. The van der Waals surface area contributed by atoms with Crippen molar-refractivity contribution in [3.8, 4) is 0 Å². The maximum Gasteiger partial charge on any atom is 0.141 e. The Hall–Kier alpha value is -1.00. The van der Waals surface area contributed by atoms with Crippen LogP contribution < -0.4 is 5.32 Å². The summed E-state index contributed by atoms with van der Waals surface area (Å²) in [6.45, 7) is 7.31. The highest BCUT2D eigenvalue weighted by molar-refractivity contribution is 5.28. The van der Waals surface area contributed by atoms with Gasteiger partial charge in [-0.15, -0.1) is 0 Å². The van der Waals surface area contributed by atoms with Crippen molar-refractivity contribution in [3.63, 3.8) is 0 Å². The predicted octanol–water partition coefficient (Wildman–Crippen LogP) is 2.46. The molecule has 0 aromatic carbocycles. The van der Waals surface area contributed by atoms with E-state index in [-0.39, 0.29) is 0 Å². The van der Waals surface area contributed by atoms with E-state index in [0.29, 0.717) is 13.2 Å². The van der Waals surface area contributed by atoms with Crippen LogP contribution in [0.1, 0.15) is 19.8 Å². The number of halogens is 1. The van der Waals surface area contributed by atoms with Crippen LogP contribution in [0.4, 0.5) is 4.39 Å². The molecule has 0 atom stereocenters. The van der Waals surface area contributed by atoms with Crippen molar-refractivity contribution in [2.45, 2.75) is 19.8 Å². The lowest BCUT2D eigenvalue weighted by atomic mass is 10.2. The van der Waals surface area contributed by atoms with Crippen molar-refractivity contribution in [2.75, 3.05) is 26.8 Å². The Balaban J connectivity index is 4.14. The number of allylic oxidation sites excluding steroid dienone is 2. The van der Waals surface area contributed by atoms with Gasteiger partial charge in [-0.1, -0.05) is 13.3 Å². The molecule has 1 N–H and O–H groups in total. The van der Waals surface area contributed by atoms with Crippen LogP contribution in [0.25, 0.3) is 0 Å². The van der Waals surface area contributed by atoms with Crippen LogP contribution in [0.3, 0.4) is 0 Å². The first kappa shape index (κ1) is 15.0. The average molecular weight is 228 g/mol. The number of nitrogens with zero attached hydrogens (tertiary/aromatic N) is 1. The minimum Gasteiger partial charge on any atom is -0.380 e.